The summed E-state index contributed by atoms with van der Waals surface area (Å²) in [5.41, 5.74) is 1.73. The molecule has 0 unspecified atom stereocenters. The molecule has 26 heavy (non-hydrogen) atoms. The van der Waals surface area contributed by atoms with Crippen molar-refractivity contribution in [2.75, 3.05) is 25.5 Å². The smallest absolute Gasteiger partial charge is 0.231 e. The van der Waals surface area contributed by atoms with Gasteiger partial charge in [-0.3, -0.25) is 4.79 Å². The van der Waals surface area contributed by atoms with Gasteiger partial charge < -0.3 is 19.7 Å². The number of ether oxygens (including phenoxy) is 2. The highest BCUT2D eigenvalue weighted by Gasteiger charge is 2.26. The quantitative estimate of drug-likeness (QED) is 0.802. The lowest BCUT2D eigenvalue weighted by Gasteiger charge is -2.31. The zero-order valence-corrected chi connectivity index (χ0v) is 16.3. The van der Waals surface area contributed by atoms with Crippen molar-refractivity contribution in [3.05, 3.63) is 40.3 Å². The molecule has 2 aromatic rings. The van der Waals surface area contributed by atoms with Crippen LogP contribution in [0.3, 0.4) is 0 Å². The maximum atomic E-state index is 12.3. The Labute approximate surface area is 158 Å². The van der Waals surface area contributed by atoms with Crippen molar-refractivity contribution in [2.45, 2.75) is 39.0 Å². The maximum absolute atomic E-state index is 12.3. The zero-order chi connectivity index (χ0) is 18.5. The number of methoxy groups -OCH3 is 1. The van der Waals surface area contributed by atoms with Gasteiger partial charge in [-0.25, -0.2) is 4.98 Å². The Balaban J connectivity index is 1.55. The van der Waals surface area contributed by atoms with Gasteiger partial charge in [-0.2, -0.15) is 0 Å². The van der Waals surface area contributed by atoms with Gasteiger partial charge in [0.1, 0.15) is 48.3 Å². The normalized spacial score (nSPS) is 22.8. The highest BCUT2D eigenvalue weighted by Crippen LogP contribution is 2.23. The number of hydrogen-bond acceptors (Lipinski definition) is 5. The van der Waals surface area contributed by atoms with Crippen LogP contribution in [-0.2, 0) is 22.5 Å². The second-order valence-electron chi connectivity index (χ2n) is 6.75. The minimum atomic E-state index is -0.0867. The Hall–Kier alpha value is -1.96. The summed E-state index contributed by atoms with van der Waals surface area (Å²) < 4.78 is 11.0. The first-order valence-corrected chi connectivity index (χ1v) is 9.76. The predicted octanol–water partition coefficient (Wildman–Crippen LogP) is 1.52. The van der Waals surface area contributed by atoms with Crippen LogP contribution in [0.4, 0.5) is 5.69 Å². The number of hydrogen-bond donors (Lipinski definition) is 2. The third-order valence-corrected chi connectivity index (χ3v) is 5.24. The molecular weight excluding hydrogens is 350 g/mol. The van der Waals surface area contributed by atoms with E-state index in [0.717, 1.165) is 30.3 Å². The number of para-hydroxylation sites is 2. The first kappa shape index (κ1) is 18.8. The summed E-state index contributed by atoms with van der Waals surface area (Å²) >= 11 is 1.54. The summed E-state index contributed by atoms with van der Waals surface area (Å²) in [5, 5.41) is 5.79. The molecule has 1 saturated heterocycles. The Bertz CT molecular complexity index is 739. The van der Waals surface area contributed by atoms with Gasteiger partial charge in [0.15, 0.2) is 0 Å². The number of rotatable bonds is 6. The molecule has 1 aliphatic rings. The van der Waals surface area contributed by atoms with Crippen molar-refractivity contribution in [1.29, 1.82) is 0 Å². The third kappa shape index (κ3) is 5.03. The molecule has 2 heterocycles. The van der Waals surface area contributed by atoms with E-state index in [0.29, 0.717) is 11.4 Å². The molecule has 0 radical (unpaired) electrons. The van der Waals surface area contributed by atoms with Crippen LogP contribution in [0.5, 0.6) is 5.75 Å². The second-order valence-corrected chi connectivity index (χ2v) is 7.69. The molecule has 0 bridgehead atoms. The van der Waals surface area contributed by atoms with Crippen molar-refractivity contribution in [2.24, 2.45) is 0 Å². The Morgan fingerprint density at radius 3 is 2.81 bits per heavy atom. The van der Waals surface area contributed by atoms with E-state index in [2.05, 4.69) is 29.5 Å². The van der Waals surface area contributed by atoms with E-state index in [1.165, 1.54) is 4.90 Å². The van der Waals surface area contributed by atoms with E-state index in [9.17, 15) is 4.79 Å². The van der Waals surface area contributed by atoms with Crippen molar-refractivity contribution < 1.29 is 19.2 Å². The van der Waals surface area contributed by atoms with Crippen LogP contribution in [0.25, 0.3) is 0 Å². The van der Waals surface area contributed by atoms with Gasteiger partial charge in [-0.15, -0.1) is 11.3 Å². The molecule has 2 atom stereocenters. The molecular formula is C19H26N3O3S+. The van der Waals surface area contributed by atoms with E-state index in [-0.39, 0.29) is 24.5 Å². The average Bonchev–Trinajstić information content (AvgIpc) is 3.01. The maximum Gasteiger partial charge on any atom is 0.231 e. The Morgan fingerprint density at radius 1 is 1.35 bits per heavy atom. The number of morpholine rings is 1. The lowest BCUT2D eigenvalue weighted by Crippen LogP contribution is -3.14. The topological polar surface area (TPSA) is 64.9 Å². The molecule has 2 N–H and O–H groups in total. The van der Waals surface area contributed by atoms with Gasteiger partial charge >= 0.3 is 0 Å². The fraction of sp³-hybridized carbons (Fsp3) is 0.474. The summed E-state index contributed by atoms with van der Waals surface area (Å²) in [6.45, 7) is 7.09. The molecule has 0 saturated carbocycles. The summed E-state index contributed by atoms with van der Waals surface area (Å²) in [5.74, 6) is 0.566. The molecule has 3 rings (SSSR count). The highest BCUT2D eigenvalue weighted by atomic mass is 32.1. The molecule has 1 aromatic heterocycles. The van der Waals surface area contributed by atoms with E-state index in [1.54, 1.807) is 18.4 Å². The summed E-state index contributed by atoms with van der Waals surface area (Å²) in [4.78, 5) is 18.4. The first-order valence-electron chi connectivity index (χ1n) is 8.88. The SMILES string of the molecule is COc1ccccc1NC(=O)Cc1nc(C[NH+]2C[C@@H](C)O[C@H](C)C2)cs1. The fourth-order valence-corrected chi connectivity index (χ4v) is 4.17. The Kier molecular flexibility index (Phi) is 6.24. The lowest BCUT2D eigenvalue weighted by molar-refractivity contribution is -0.928. The standard InChI is InChI=1S/C19H25N3O3S/c1-13-9-22(10-14(2)25-13)11-15-12-26-19(20-15)8-18(23)21-16-6-4-5-7-17(16)24-3/h4-7,12-14H,8-11H2,1-3H3,(H,21,23)/p+1/t13-,14-/m1/s1. The van der Waals surface area contributed by atoms with Crippen LogP contribution in [0, 0.1) is 0 Å². The molecule has 6 nitrogen and oxygen atoms in total. The highest BCUT2D eigenvalue weighted by molar-refractivity contribution is 7.09. The van der Waals surface area contributed by atoms with Gasteiger partial charge in [-0.1, -0.05) is 12.1 Å². The fourth-order valence-electron chi connectivity index (χ4n) is 3.38. The van der Waals surface area contributed by atoms with Gasteiger partial charge in [0.2, 0.25) is 5.91 Å². The number of quaternary nitrogens is 1. The second kappa shape index (κ2) is 8.62. The van der Waals surface area contributed by atoms with E-state index < -0.39 is 0 Å². The average molecular weight is 377 g/mol. The number of anilines is 1. The van der Waals surface area contributed by atoms with Crippen molar-refractivity contribution >= 4 is 22.9 Å². The zero-order valence-electron chi connectivity index (χ0n) is 15.5. The Morgan fingerprint density at radius 2 is 2.08 bits per heavy atom. The van der Waals surface area contributed by atoms with Crippen LogP contribution in [0.15, 0.2) is 29.6 Å². The minimum absolute atomic E-state index is 0.0867. The van der Waals surface area contributed by atoms with E-state index >= 15 is 0 Å². The van der Waals surface area contributed by atoms with E-state index in [1.807, 2.05) is 24.3 Å². The van der Waals surface area contributed by atoms with E-state index in [4.69, 9.17) is 9.47 Å². The molecule has 1 aromatic carbocycles. The van der Waals surface area contributed by atoms with Crippen LogP contribution < -0.4 is 15.0 Å². The van der Waals surface area contributed by atoms with Crippen LogP contribution in [0.1, 0.15) is 24.5 Å². The minimum Gasteiger partial charge on any atom is -0.495 e. The van der Waals surface area contributed by atoms with Crippen LogP contribution >= 0.6 is 11.3 Å². The number of benzene rings is 1. The lowest BCUT2D eigenvalue weighted by atomic mass is 10.2. The van der Waals surface area contributed by atoms with Crippen molar-refractivity contribution in [3.8, 4) is 5.75 Å². The predicted molar refractivity (Wildman–Crippen MR) is 102 cm³/mol. The molecule has 1 aliphatic heterocycles. The number of aromatic nitrogens is 1. The number of carbonyl (C=O) groups excluding carboxylic acids is 1. The van der Waals surface area contributed by atoms with Crippen LogP contribution in [-0.4, -0.2) is 43.3 Å². The largest absolute Gasteiger partial charge is 0.495 e. The molecule has 140 valence electrons. The van der Waals surface area contributed by atoms with Crippen molar-refractivity contribution in [3.63, 3.8) is 0 Å². The van der Waals surface area contributed by atoms with Gasteiger partial charge in [0.25, 0.3) is 0 Å². The summed E-state index contributed by atoms with van der Waals surface area (Å²) in [6.07, 6.45) is 0.825. The van der Waals surface area contributed by atoms with Gasteiger partial charge in [-0.05, 0) is 26.0 Å². The molecule has 0 spiro atoms. The number of amides is 1. The van der Waals surface area contributed by atoms with Crippen molar-refractivity contribution in [1.82, 2.24) is 4.98 Å². The molecule has 0 aliphatic carbocycles. The molecule has 1 fully saturated rings. The summed E-state index contributed by atoms with van der Waals surface area (Å²) in [6, 6.07) is 7.39. The third-order valence-electron chi connectivity index (χ3n) is 4.34. The number of carbonyl (C=O) groups is 1. The first-order chi connectivity index (χ1) is 12.5. The van der Waals surface area contributed by atoms with Gasteiger partial charge in [0.05, 0.1) is 19.2 Å². The number of nitrogens with zero attached hydrogens (tertiary/aromatic N) is 1. The summed E-state index contributed by atoms with van der Waals surface area (Å²) in [7, 11) is 1.59. The van der Waals surface area contributed by atoms with Gasteiger partial charge in [0, 0.05) is 5.38 Å². The monoisotopic (exact) mass is 376 g/mol. The van der Waals surface area contributed by atoms with Crippen LogP contribution in [0.2, 0.25) is 0 Å². The molecule has 1 amide bonds. The number of thiazole rings is 1. The molecule has 7 heteroatoms. The number of nitrogens with one attached hydrogen (secondary N) is 2.